The van der Waals surface area contributed by atoms with Crippen LogP contribution in [0.2, 0.25) is 0 Å². The number of halogens is 1. The number of hydrogen-bond acceptors (Lipinski definition) is 3. The van der Waals surface area contributed by atoms with E-state index >= 15 is 0 Å². The summed E-state index contributed by atoms with van der Waals surface area (Å²) in [5.41, 5.74) is 0.911. The second-order valence-electron chi connectivity index (χ2n) is 2.68. The van der Waals surface area contributed by atoms with Gasteiger partial charge in [0.15, 0.2) is 0 Å². The molecule has 0 spiro atoms. The van der Waals surface area contributed by atoms with E-state index in [0.717, 1.165) is 14.9 Å². The number of nitriles is 2. The molecule has 0 unspecified atom stereocenters. The van der Waals surface area contributed by atoms with E-state index in [9.17, 15) is 0 Å². The van der Waals surface area contributed by atoms with E-state index in [-0.39, 0.29) is 5.57 Å². The van der Waals surface area contributed by atoms with Crippen molar-refractivity contribution in [2.45, 2.75) is 0 Å². The second kappa shape index (κ2) is 5.38. The Kier molecular flexibility index (Phi) is 4.14. The zero-order valence-electron chi connectivity index (χ0n) is 7.99. The summed E-state index contributed by atoms with van der Waals surface area (Å²) < 4.78 is 6.04. The number of allylic oxidation sites excluding steroid dienone is 1. The minimum Gasteiger partial charge on any atom is -0.496 e. The maximum absolute atomic E-state index is 8.59. The fourth-order valence-corrected chi connectivity index (χ4v) is 1.79. The summed E-state index contributed by atoms with van der Waals surface area (Å²) in [6.07, 6.45) is 1.54. The molecule has 15 heavy (non-hydrogen) atoms. The Balaban J connectivity index is 3.11. The fraction of sp³-hybridized carbons (Fsp3) is 0.0909. The average molecular weight is 310 g/mol. The van der Waals surface area contributed by atoms with Gasteiger partial charge in [-0.1, -0.05) is 6.07 Å². The van der Waals surface area contributed by atoms with Gasteiger partial charge in [0.05, 0.1) is 10.7 Å². The smallest absolute Gasteiger partial charge is 0.132 e. The fourth-order valence-electron chi connectivity index (χ4n) is 1.03. The van der Waals surface area contributed by atoms with Crippen molar-refractivity contribution in [3.05, 3.63) is 32.9 Å². The van der Waals surface area contributed by atoms with Crippen molar-refractivity contribution in [2.24, 2.45) is 0 Å². The summed E-state index contributed by atoms with van der Waals surface area (Å²) in [5.74, 6) is 0.781. The molecule has 74 valence electrons. The summed E-state index contributed by atoms with van der Waals surface area (Å²) in [4.78, 5) is 0. The Morgan fingerprint density at radius 3 is 2.53 bits per heavy atom. The molecule has 0 radical (unpaired) electrons. The second-order valence-corrected chi connectivity index (χ2v) is 3.84. The Bertz CT molecular complexity index is 464. The molecule has 1 aromatic carbocycles. The van der Waals surface area contributed by atoms with E-state index in [0.29, 0.717) is 0 Å². The molecule has 0 N–H and O–H groups in total. The lowest BCUT2D eigenvalue weighted by atomic mass is 10.1. The number of nitrogens with zero attached hydrogens (tertiary/aromatic N) is 2. The average Bonchev–Trinajstić information content (AvgIpc) is 2.26. The maximum atomic E-state index is 8.59. The predicted octanol–water partition coefficient (Wildman–Crippen LogP) is 2.73. The highest BCUT2D eigenvalue weighted by Crippen LogP contribution is 2.22. The first kappa shape index (κ1) is 11.5. The van der Waals surface area contributed by atoms with Gasteiger partial charge in [0.2, 0.25) is 0 Å². The summed E-state index contributed by atoms with van der Waals surface area (Å²) in [6, 6.07) is 9.09. The number of benzene rings is 1. The molecule has 0 aliphatic rings. The van der Waals surface area contributed by atoms with Crippen LogP contribution in [0.25, 0.3) is 6.08 Å². The first-order chi connectivity index (χ1) is 7.21. The Morgan fingerprint density at radius 1 is 1.40 bits per heavy atom. The first-order valence-corrected chi connectivity index (χ1v) is 5.14. The lowest BCUT2D eigenvalue weighted by Gasteiger charge is -2.03. The Hall–Kier alpha value is -1.53. The monoisotopic (exact) mass is 310 g/mol. The van der Waals surface area contributed by atoms with Crippen molar-refractivity contribution in [1.82, 2.24) is 0 Å². The number of ether oxygens (including phenoxy) is 1. The van der Waals surface area contributed by atoms with Crippen LogP contribution >= 0.6 is 22.6 Å². The molecule has 0 saturated carbocycles. The van der Waals surface area contributed by atoms with Gasteiger partial charge in [0.25, 0.3) is 0 Å². The highest BCUT2D eigenvalue weighted by atomic mass is 127. The minimum atomic E-state index is 0.0935. The SMILES string of the molecule is COc1ccc(C=C(C#N)C#N)cc1I. The van der Waals surface area contributed by atoms with Gasteiger partial charge in [-0.05, 0) is 46.4 Å². The zero-order valence-corrected chi connectivity index (χ0v) is 10.1. The Morgan fingerprint density at radius 2 is 2.07 bits per heavy atom. The van der Waals surface area contributed by atoms with Gasteiger partial charge < -0.3 is 4.74 Å². The van der Waals surface area contributed by atoms with Crippen LogP contribution in [0.4, 0.5) is 0 Å². The van der Waals surface area contributed by atoms with E-state index in [4.69, 9.17) is 15.3 Å². The minimum absolute atomic E-state index is 0.0935. The van der Waals surface area contributed by atoms with E-state index < -0.39 is 0 Å². The van der Waals surface area contributed by atoms with E-state index in [1.54, 1.807) is 25.3 Å². The van der Waals surface area contributed by atoms with Crippen LogP contribution in [-0.4, -0.2) is 7.11 Å². The molecule has 0 aliphatic heterocycles. The summed E-state index contributed by atoms with van der Waals surface area (Å²) >= 11 is 2.14. The van der Waals surface area contributed by atoms with Gasteiger partial charge in [-0.15, -0.1) is 0 Å². The third-order valence-corrected chi connectivity index (χ3v) is 2.57. The molecule has 0 amide bonds. The molecule has 0 fully saturated rings. The summed E-state index contributed by atoms with van der Waals surface area (Å²) in [7, 11) is 1.60. The number of hydrogen-bond donors (Lipinski definition) is 0. The molecule has 1 aromatic rings. The zero-order chi connectivity index (χ0) is 11.3. The van der Waals surface area contributed by atoms with Crippen LogP contribution in [0, 0.1) is 26.2 Å². The Labute approximate surface area is 102 Å². The molecule has 3 nitrogen and oxygen atoms in total. The van der Waals surface area contributed by atoms with Crippen molar-refractivity contribution in [3.63, 3.8) is 0 Å². The number of methoxy groups -OCH3 is 1. The van der Waals surface area contributed by atoms with Crippen LogP contribution in [0.5, 0.6) is 5.75 Å². The van der Waals surface area contributed by atoms with Crippen LogP contribution in [-0.2, 0) is 0 Å². The normalized spacial score (nSPS) is 8.53. The van der Waals surface area contributed by atoms with Crippen LogP contribution < -0.4 is 4.74 Å². The van der Waals surface area contributed by atoms with Gasteiger partial charge in [-0.2, -0.15) is 10.5 Å². The van der Waals surface area contributed by atoms with Gasteiger partial charge in [-0.25, -0.2) is 0 Å². The standard InChI is InChI=1S/C11H7IN2O/c1-15-11-3-2-8(5-10(11)12)4-9(6-13)7-14/h2-5H,1H3. The van der Waals surface area contributed by atoms with Crippen molar-refractivity contribution >= 4 is 28.7 Å². The van der Waals surface area contributed by atoms with Crippen molar-refractivity contribution < 1.29 is 4.74 Å². The molecule has 0 bridgehead atoms. The summed E-state index contributed by atoms with van der Waals surface area (Å²) in [6.45, 7) is 0. The first-order valence-electron chi connectivity index (χ1n) is 4.06. The quantitative estimate of drug-likeness (QED) is 0.623. The predicted molar refractivity (Wildman–Crippen MR) is 64.9 cm³/mol. The van der Waals surface area contributed by atoms with E-state index in [2.05, 4.69) is 22.6 Å². The van der Waals surface area contributed by atoms with Gasteiger partial charge in [0.1, 0.15) is 23.5 Å². The van der Waals surface area contributed by atoms with Crippen molar-refractivity contribution in [1.29, 1.82) is 10.5 Å². The van der Waals surface area contributed by atoms with E-state index in [1.807, 2.05) is 18.2 Å². The van der Waals surface area contributed by atoms with E-state index in [1.165, 1.54) is 0 Å². The molecular weight excluding hydrogens is 303 g/mol. The highest BCUT2D eigenvalue weighted by Gasteiger charge is 2.00. The largest absolute Gasteiger partial charge is 0.496 e. The molecule has 0 saturated heterocycles. The van der Waals surface area contributed by atoms with Gasteiger partial charge in [0, 0.05) is 0 Å². The molecule has 0 heterocycles. The number of rotatable bonds is 2. The highest BCUT2D eigenvalue weighted by molar-refractivity contribution is 14.1. The van der Waals surface area contributed by atoms with Crippen LogP contribution in [0.3, 0.4) is 0 Å². The lowest BCUT2D eigenvalue weighted by Crippen LogP contribution is -1.87. The molecule has 0 aliphatic carbocycles. The van der Waals surface area contributed by atoms with Gasteiger partial charge in [-0.3, -0.25) is 0 Å². The lowest BCUT2D eigenvalue weighted by molar-refractivity contribution is 0.412. The third kappa shape index (κ3) is 2.97. The van der Waals surface area contributed by atoms with Crippen LogP contribution in [0.1, 0.15) is 5.56 Å². The van der Waals surface area contributed by atoms with Gasteiger partial charge >= 0.3 is 0 Å². The molecule has 0 aromatic heterocycles. The molecular formula is C11H7IN2O. The van der Waals surface area contributed by atoms with Crippen LogP contribution in [0.15, 0.2) is 23.8 Å². The summed E-state index contributed by atoms with van der Waals surface area (Å²) in [5, 5.41) is 17.2. The molecule has 0 atom stereocenters. The molecule has 1 rings (SSSR count). The topological polar surface area (TPSA) is 56.8 Å². The van der Waals surface area contributed by atoms with Crippen molar-refractivity contribution in [2.75, 3.05) is 7.11 Å². The maximum Gasteiger partial charge on any atom is 0.132 e. The molecule has 4 heteroatoms. The third-order valence-electron chi connectivity index (χ3n) is 1.73. The van der Waals surface area contributed by atoms with Crippen molar-refractivity contribution in [3.8, 4) is 17.9 Å².